The molecule has 0 aromatic carbocycles. The van der Waals surface area contributed by atoms with Gasteiger partial charge in [0.15, 0.2) is 5.65 Å². The molecule has 4 heterocycles. The van der Waals surface area contributed by atoms with Gasteiger partial charge < -0.3 is 14.2 Å². The molecule has 2 aromatic rings. The minimum absolute atomic E-state index is 0.340. The molecule has 0 saturated carbocycles. The van der Waals surface area contributed by atoms with Crippen molar-refractivity contribution in [3.8, 4) is 6.01 Å². The second kappa shape index (κ2) is 11.2. The lowest BCUT2D eigenvalue weighted by atomic mass is 9.84. The number of likely N-dealkylation sites (tertiary alicyclic amines) is 1. The maximum atomic E-state index is 12.5. The van der Waals surface area contributed by atoms with Crippen LogP contribution in [-0.2, 0) is 6.54 Å². The number of alkyl halides is 1. The number of rotatable bonds is 8. The number of halogens is 1. The van der Waals surface area contributed by atoms with Crippen LogP contribution in [0.25, 0.3) is 16.7 Å². The van der Waals surface area contributed by atoms with Crippen molar-refractivity contribution in [1.29, 1.82) is 0 Å². The van der Waals surface area contributed by atoms with E-state index in [-0.39, 0.29) is 0 Å². The Bertz CT molecular complexity index is 1170. The van der Waals surface area contributed by atoms with Gasteiger partial charge in [-0.05, 0) is 78.6 Å². The molecule has 1 fully saturated rings. The normalized spacial score (nSPS) is 20.5. The molecular weight excluding hydrogens is 445 g/mol. The molecule has 4 rings (SSSR count). The Morgan fingerprint density at radius 3 is 2.69 bits per heavy atom. The topological polar surface area (TPSA) is 80.8 Å². The maximum Gasteiger partial charge on any atom is 0.318 e. The number of aryl methyl sites for hydroxylation is 1. The van der Waals surface area contributed by atoms with Gasteiger partial charge >= 0.3 is 6.01 Å². The van der Waals surface area contributed by atoms with Crippen LogP contribution in [0.1, 0.15) is 51.6 Å². The molecule has 8 nitrogen and oxygen atoms in total. The predicted molar refractivity (Wildman–Crippen MR) is 139 cm³/mol. The molecule has 0 bridgehead atoms. The predicted octanol–water partition coefficient (Wildman–Crippen LogP) is 4.44. The van der Waals surface area contributed by atoms with Crippen molar-refractivity contribution in [2.24, 2.45) is 15.9 Å². The fraction of sp³-hybridized carbons (Fsp3) is 0.577. The number of hydrogen-bond acceptors (Lipinski definition) is 7. The van der Waals surface area contributed by atoms with E-state index in [2.05, 4.69) is 44.6 Å². The molecular formula is C26H36FN7O. The molecule has 2 aromatic heterocycles. The number of aromatic nitrogens is 4. The highest BCUT2D eigenvalue weighted by Crippen LogP contribution is 2.31. The molecule has 188 valence electrons. The van der Waals surface area contributed by atoms with Crippen molar-refractivity contribution < 1.29 is 9.13 Å². The van der Waals surface area contributed by atoms with Gasteiger partial charge in [0.1, 0.15) is 18.0 Å². The number of hydrogen-bond donors (Lipinski definition) is 0. The molecule has 0 aliphatic carbocycles. The lowest BCUT2D eigenvalue weighted by Crippen LogP contribution is -2.35. The summed E-state index contributed by atoms with van der Waals surface area (Å²) in [6.07, 6.45) is 8.31. The monoisotopic (exact) mass is 481 g/mol. The minimum Gasteiger partial charge on any atom is -0.464 e. The Morgan fingerprint density at radius 2 is 2.00 bits per heavy atom. The summed E-state index contributed by atoms with van der Waals surface area (Å²) in [7, 11) is 2.19. The molecule has 9 heteroatoms. The molecule has 0 spiro atoms. The van der Waals surface area contributed by atoms with Crippen LogP contribution >= 0.6 is 0 Å². The van der Waals surface area contributed by atoms with Crippen LogP contribution in [0.4, 0.5) is 4.39 Å². The highest BCUT2D eigenvalue weighted by Gasteiger charge is 2.28. The van der Waals surface area contributed by atoms with Crippen molar-refractivity contribution in [2.75, 3.05) is 33.4 Å². The van der Waals surface area contributed by atoms with Crippen LogP contribution in [-0.4, -0.2) is 76.3 Å². The zero-order chi connectivity index (χ0) is 24.9. The number of allylic oxidation sites excluding steroid dienone is 2. The van der Waals surface area contributed by atoms with E-state index in [1.165, 1.54) is 30.2 Å². The third-order valence-corrected chi connectivity index (χ3v) is 6.94. The van der Waals surface area contributed by atoms with E-state index in [1.54, 1.807) is 6.20 Å². The summed E-state index contributed by atoms with van der Waals surface area (Å²) in [6.45, 7) is 10.7. The quantitative estimate of drug-likeness (QED) is 0.521. The Kier molecular flexibility index (Phi) is 8.05. The van der Waals surface area contributed by atoms with Crippen molar-refractivity contribution in [3.05, 3.63) is 28.9 Å². The number of ether oxygens (including phenoxy) is 1. The number of nitrogens with zero attached hydrogens (tertiary/aromatic N) is 7. The van der Waals surface area contributed by atoms with Crippen LogP contribution < -0.4 is 4.74 Å². The van der Waals surface area contributed by atoms with Crippen LogP contribution in [0.15, 0.2) is 27.3 Å². The number of imidazole rings is 1. The van der Waals surface area contributed by atoms with Crippen molar-refractivity contribution in [2.45, 2.75) is 59.5 Å². The summed E-state index contributed by atoms with van der Waals surface area (Å²) >= 11 is 0. The molecule has 2 aliphatic rings. The molecule has 0 N–H and O–H groups in total. The summed E-state index contributed by atoms with van der Waals surface area (Å²) in [5.74, 6) is 1.37. The van der Waals surface area contributed by atoms with Gasteiger partial charge in [-0.25, -0.2) is 9.37 Å². The largest absolute Gasteiger partial charge is 0.464 e. The summed E-state index contributed by atoms with van der Waals surface area (Å²) in [5, 5.41) is 0. The van der Waals surface area contributed by atoms with E-state index in [0.717, 1.165) is 42.1 Å². The standard InChI is InChI=1S/C26H36FN7O/c1-6-35-26-30-19(4)23-25(32-26)34(24(31-23)18(3)14-28-10-9-27)16-21-15-29-22(13-17(21)2)20-7-11-33(5)12-8-20/h10,14-15,20,22H,6-9,11-13,16H2,1-5H3/b18-14+,28-10?. The lowest BCUT2D eigenvalue weighted by molar-refractivity contribution is 0.198. The Balaban J connectivity index is 1.68. The minimum atomic E-state index is -0.608. The van der Waals surface area contributed by atoms with Gasteiger partial charge in [0, 0.05) is 24.2 Å². The molecule has 2 aliphatic heterocycles. The average molecular weight is 482 g/mol. The van der Waals surface area contributed by atoms with E-state index >= 15 is 0 Å². The van der Waals surface area contributed by atoms with Gasteiger partial charge in [-0.2, -0.15) is 9.97 Å². The highest BCUT2D eigenvalue weighted by atomic mass is 19.1. The maximum absolute atomic E-state index is 12.5. The van der Waals surface area contributed by atoms with E-state index < -0.39 is 6.67 Å². The van der Waals surface area contributed by atoms with E-state index in [1.807, 2.05) is 20.8 Å². The number of aliphatic imine (C=N–C) groups is 2. The fourth-order valence-electron chi connectivity index (χ4n) is 4.86. The van der Waals surface area contributed by atoms with E-state index in [4.69, 9.17) is 14.7 Å². The lowest BCUT2D eigenvalue weighted by Gasteiger charge is -2.34. The van der Waals surface area contributed by atoms with E-state index in [9.17, 15) is 4.39 Å². The molecule has 35 heavy (non-hydrogen) atoms. The second-order valence-electron chi connectivity index (χ2n) is 9.51. The highest BCUT2D eigenvalue weighted by molar-refractivity contribution is 5.83. The van der Waals surface area contributed by atoms with Crippen LogP contribution in [0, 0.1) is 12.8 Å². The van der Waals surface area contributed by atoms with Crippen molar-refractivity contribution in [1.82, 2.24) is 24.4 Å². The van der Waals surface area contributed by atoms with Gasteiger partial charge in [0.2, 0.25) is 0 Å². The average Bonchev–Trinajstić information content (AvgIpc) is 3.20. The SMILES string of the molecule is CCOc1nc(C)c2nc(/C(C)=C/N=CCF)n(CC3=C(C)CC(C4CCN(C)CC4)N=C3)c2n1. The molecule has 1 atom stereocenters. The first-order valence-electron chi connectivity index (χ1n) is 12.4. The summed E-state index contributed by atoms with van der Waals surface area (Å²) in [6, 6.07) is 0.699. The first-order chi connectivity index (χ1) is 16.9. The number of piperidine rings is 1. The van der Waals surface area contributed by atoms with Gasteiger partial charge in [0.05, 0.1) is 24.9 Å². The smallest absolute Gasteiger partial charge is 0.318 e. The summed E-state index contributed by atoms with van der Waals surface area (Å²) in [4.78, 5) is 25.4. The molecule has 0 radical (unpaired) electrons. The third-order valence-electron chi connectivity index (χ3n) is 6.94. The Labute approximate surface area is 206 Å². The van der Waals surface area contributed by atoms with Crippen molar-refractivity contribution in [3.63, 3.8) is 0 Å². The fourth-order valence-corrected chi connectivity index (χ4v) is 4.86. The van der Waals surface area contributed by atoms with Crippen LogP contribution in [0.5, 0.6) is 6.01 Å². The Morgan fingerprint density at radius 1 is 1.23 bits per heavy atom. The van der Waals surface area contributed by atoms with Crippen LogP contribution in [0.2, 0.25) is 0 Å². The van der Waals surface area contributed by atoms with Gasteiger partial charge in [-0.3, -0.25) is 9.98 Å². The van der Waals surface area contributed by atoms with Crippen LogP contribution in [0.3, 0.4) is 0 Å². The zero-order valence-electron chi connectivity index (χ0n) is 21.5. The van der Waals surface area contributed by atoms with Gasteiger partial charge in [0.25, 0.3) is 0 Å². The second-order valence-corrected chi connectivity index (χ2v) is 9.51. The first-order valence-corrected chi connectivity index (χ1v) is 12.4. The Hall–Kier alpha value is -2.94. The molecule has 1 unspecified atom stereocenters. The van der Waals surface area contributed by atoms with Crippen molar-refractivity contribution >= 4 is 29.2 Å². The molecule has 0 amide bonds. The summed E-state index contributed by atoms with van der Waals surface area (Å²) in [5.41, 5.74) is 5.53. The summed E-state index contributed by atoms with van der Waals surface area (Å²) < 4.78 is 20.2. The number of dihydropyridines is 1. The zero-order valence-corrected chi connectivity index (χ0v) is 21.5. The van der Waals surface area contributed by atoms with E-state index in [0.29, 0.717) is 36.8 Å². The van der Waals surface area contributed by atoms with Gasteiger partial charge in [-0.15, -0.1) is 0 Å². The third kappa shape index (κ3) is 5.66. The first kappa shape index (κ1) is 25.2. The van der Waals surface area contributed by atoms with Gasteiger partial charge in [-0.1, -0.05) is 5.57 Å². The molecule has 1 saturated heterocycles. The number of fused-ring (bicyclic) bond motifs is 1.